The molecule has 3 aromatic carbocycles. The number of hydrogen-bond donors (Lipinski definition) is 1. The number of amides is 1. The third kappa shape index (κ3) is 4.14. The molecule has 0 aliphatic rings. The summed E-state index contributed by atoms with van der Waals surface area (Å²) in [7, 11) is 4.53. The molecule has 1 N–H and O–H groups in total. The highest BCUT2D eigenvalue weighted by atomic mass is 16.5. The van der Waals surface area contributed by atoms with E-state index in [9.17, 15) is 10.1 Å². The fourth-order valence-electron chi connectivity index (χ4n) is 2.99. The molecule has 0 aromatic heterocycles. The quantitative estimate of drug-likeness (QED) is 0.500. The van der Waals surface area contributed by atoms with Crippen molar-refractivity contribution in [1.29, 1.82) is 5.26 Å². The molecule has 1 amide bonds. The van der Waals surface area contributed by atoms with Gasteiger partial charge in [0.25, 0.3) is 5.91 Å². The Balaban J connectivity index is 1.98. The molecule has 0 heterocycles. The number of carbonyl (C=O) groups is 1. The van der Waals surface area contributed by atoms with E-state index in [1.54, 1.807) is 18.2 Å². The van der Waals surface area contributed by atoms with Crippen molar-refractivity contribution in [3.63, 3.8) is 0 Å². The second kappa shape index (κ2) is 8.81. The molecule has 0 saturated carbocycles. The van der Waals surface area contributed by atoms with E-state index in [0.29, 0.717) is 28.5 Å². The number of fused-ring (bicyclic) bond motifs is 1. The molecule has 6 nitrogen and oxygen atoms in total. The van der Waals surface area contributed by atoms with Gasteiger partial charge in [-0.1, -0.05) is 36.4 Å². The maximum atomic E-state index is 12.8. The number of hydrogen-bond acceptors (Lipinski definition) is 5. The van der Waals surface area contributed by atoms with E-state index in [2.05, 4.69) is 5.32 Å². The van der Waals surface area contributed by atoms with Crippen LogP contribution in [-0.4, -0.2) is 27.2 Å². The summed E-state index contributed by atoms with van der Waals surface area (Å²) < 4.78 is 15.9. The van der Waals surface area contributed by atoms with Crippen molar-refractivity contribution >= 4 is 28.4 Å². The van der Waals surface area contributed by atoms with Gasteiger partial charge in [0, 0.05) is 22.7 Å². The van der Waals surface area contributed by atoms with Gasteiger partial charge in [0.2, 0.25) is 0 Å². The van der Waals surface area contributed by atoms with Crippen LogP contribution in [0.4, 0.5) is 5.69 Å². The molecule has 3 rings (SSSR count). The van der Waals surface area contributed by atoms with E-state index in [1.807, 2.05) is 42.5 Å². The van der Waals surface area contributed by atoms with Crippen LogP contribution in [-0.2, 0) is 4.79 Å². The summed E-state index contributed by atoms with van der Waals surface area (Å²) in [5.74, 6) is 0.889. The normalized spacial score (nSPS) is 10.9. The fourth-order valence-corrected chi connectivity index (χ4v) is 2.99. The molecule has 0 aliphatic heterocycles. The molecule has 146 valence electrons. The van der Waals surface area contributed by atoms with Gasteiger partial charge in [-0.15, -0.1) is 0 Å². The molecule has 0 unspecified atom stereocenters. The summed E-state index contributed by atoms with van der Waals surface area (Å²) in [6.45, 7) is 0. The van der Waals surface area contributed by atoms with Crippen molar-refractivity contribution < 1.29 is 19.0 Å². The first-order chi connectivity index (χ1) is 14.1. The average molecular weight is 388 g/mol. The molecule has 0 atom stereocenters. The fraction of sp³-hybridized carbons (Fsp3) is 0.130. The molecule has 0 bridgehead atoms. The number of benzene rings is 3. The molecule has 0 saturated heterocycles. The molecular formula is C23H20N2O4. The number of carbonyl (C=O) groups excluding carboxylic acids is 1. The zero-order chi connectivity index (χ0) is 20.8. The molecule has 0 aliphatic carbocycles. The van der Waals surface area contributed by atoms with E-state index in [-0.39, 0.29) is 5.57 Å². The van der Waals surface area contributed by atoms with Gasteiger partial charge in [-0.25, -0.2) is 0 Å². The van der Waals surface area contributed by atoms with E-state index in [1.165, 1.54) is 27.4 Å². The first-order valence-corrected chi connectivity index (χ1v) is 8.82. The first-order valence-electron chi connectivity index (χ1n) is 8.82. The smallest absolute Gasteiger partial charge is 0.266 e. The lowest BCUT2D eigenvalue weighted by atomic mass is 10.1. The number of rotatable bonds is 6. The van der Waals surface area contributed by atoms with E-state index < -0.39 is 5.91 Å². The molecule has 29 heavy (non-hydrogen) atoms. The molecule has 0 spiro atoms. The maximum Gasteiger partial charge on any atom is 0.266 e. The van der Waals surface area contributed by atoms with Crippen molar-refractivity contribution in [3.8, 4) is 23.3 Å². The minimum atomic E-state index is -0.513. The first kappa shape index (κ1) is 19.8. The van der Waals surface area contributed by atoms with Gasteiger partial charge >= 0.3 is 0 Å². The lowest BCUT2D eigenvalue weighted by Gasteiger charge is -2.13. The van der Waals surface area contributed by atoms with Crippen LogP contribution in [0.5, 0.6) is 17.2 Å². The minimum Gasteiger partial charge on any atom is -0.496 e. The van der Waals surface area contributed by atoms with Gasteiger partial charge in [0.1, 0.15) is 17.4 Å². The highest BCUT2D eigenvalue weighted by Gasteiger charge is 2.15. The van der Waals surface area contributed by atoms with Crippen molar-refractivity contribution in [2.45, 2.75) is 0 Å². The summed E-state index contributed by atoms with van der Waals surface area (Å²) in [6.07, 6.45) is 1.46. The van der Waals surface area contributed by atoms with Crippen LogP contribution in [0.15, 0.2) is 60.2 Å². The Morgan fingerprint density at radius 2 is 1.59 bits per heavy atom. The summed E-state index contributed by atoms with van der Waals surface area (Å²) >= 11 is 0. The lowest BCUT2D eigenvalue weighted by molar-refractivity contribution is -0.112. The minimum absolute atomic E-state index is 0.0662. The lowest BCUT2D eigenvalue weighted by Crippen LogP contribution is -2.13. The van der Waals surface area contributed by atoms with Gasteiger partial charge in [-0.2, -0.15) is 5.26 Å². The average Bonchev–Trinajstić information content (AvgIpc) is 2.76. The molecule has 3 aromatic rings. The third-order valence-electron chi connectivity index (χ3n) is 4.44. The standard InChI is InChI=1S/C23H20N2O4/c1-27-20-13-22(29-3)21(28-2)12-16(20)11-17(14-24)23(26)25-19-10-6-8-15-7-4-5-9-18(15)19/h4-13H,1-3H3,(H,25,26)/b17-11+. The predicted molar refractivity (Wildman–Crippen MR) is 112 cm³/mol. The molecule has 6 heteroatoms. The van der Waals surface area contributed by atoms with Gasteiger partial charge in [0.15, 0.2) is 11.5 Å². The van der Waals surface area contributed by atoms with Crippen LogP contribution in [0.1, 0.15) is 5.56 Å². The number of nitrogens with zero attached hydrogens (tertiary/aromatic N) is 1. The number of nitriles is 1. The molecular weight excluding hydrogens is 368 g/mol. The highest BCUT2D eigenvalue weighted by Crippen LogP contribution is 2.35. The van der Waals surface area contributed by atoms with Crippen molar-refractivity contribution in [2.24, 2.45) is 0 Å². The Morgan fingerprint density at radius 3 is 2.28 bits per heavy atom. The number of nitrogens with one attached hydrogen (secondary N) is 1. The monoisotopic (exact) mass is 388 g/mol. The van der Waals surface area contributed by atoms with Gasteiger partial charge in [-0.05, 0) is 23.6 Å². The summed E-state index contributed by atoms with van der Waals surface area (Å²) in [5.41, 5.74) is 1.09. The predicted octanol–water partition coefficient (Wildman–Crippen LogP) is 4.41. The Hall–Kier alpha value is -3.98. The molecule has 0 radical (unpaired) electrons. The Kier molecular flexibility index (Phi) is 6.00. The van der Waals surface area contributed by atoms with E-state index >= 15 is 0 Å². The second-order valence-corrected chi connectivity index (χ2v) is 6.10. The van der Waals surface area contributed by atoms with Crippen molar-refractivity contribution in [1.82, 2.24) is 0 Å². The highest BCUT2D eigenvalue weighted by molar-refractivity contribution is 6.13. The Labute approximate surface area is 168 Å². The second-order valence-electron chi connectivity index (χ2n) is 6.10. The largest absolute Gasteiger partial charge is 0.496 e. The number of anilines is 1. The van der Waals surface area contributed by atoms with Gasteiger partial charge in [0.05, 0.1) is 21.3 Å². The van der Waals surface area contributed by atoms with Crippen molar-refractivity contribution in [3.05, 3.63) is 65.7 Å². The van der Waals surface area contributed by atoms with Crippen LogP contribution in [0.3, 0.4) is 0 Å². The topological polar surface area (TPSA) is 80.6 Å². The van der Waals surface area contributed by atoms with Crippen LogP contribution < -0.4 is 19.5 Å². The zero-order valence-electron chi connectivity index (χ0n) is 16.4. The van der Waals surface area contributed by atoms with Crippen LogP contribution in [0, 0.1) is 11.3 Å². The Morgan fingerprint density at radius 1 is 0.931 bits per heavy atom. The maximum absolute atomic E-state index is 12.8. The zero-order valence-corrected chi connectivity index (χ0v) is 16.4. The summed E-state index contributed by atoms with van der Waals surface area (Å²) in [5, 5.41) is 14.3. The molecule has 0 fully saturated rings. The van der Waals surface area contributed by atoms with E-state index in [4.69, 9.17) is 14.2 Å². The van der Waals surface area contributed by atoms with Crippen LogP contribution >= 0.6 is 0 Å². The summed E-state index contributed by atoms with van der Waals surface area (Å²) in [6, 6.07) is 18.6. The van der Waals surface area contributed by atoms with Crippen LogP contribution in [0.2, 0.25) is 0 Å². The van der Waals surface area contributed by atoms with Gasteiger partial charge in [-0.3, -0.25) is 4.79 Å². The summed E-state index contributed by atoms with van der Waals surface area (Å²) in [4.78, 5) is 12.8. The SMILES string of the molecule is COc1cc(OC)c(OC)cc1/C=C(\C#N)C(=O)Nc1cccc2ccccc12. The Bertz CT molecular complexity index is 1120. The van der Waals surface area contributed by atoms with Gasteiger partial charge < -0.3 is 19.5 Å². The van der Waals surface area contributed by atoms with E-state index in [0.717, 1.165) is 10.8 Å². The number of ether oxygens (including phenoxy) is 3. The third-order valence-corrected chi connectivity index (χ3v) is 4.44. The van der Waals surface area contributed by atoms with Crippen LogP contribution in [0.25, 0.3) is 16.8 Å². The van der Waals surface area contributed by atoms with Crippen molar-refractivity contribution in [2.75, 3.05) is 26.6 Å². The number of methoxy groups -OCH3 is 3.